The molecule has 1 fully saturated rings. The zero-order valence-corrected chi connectivity index (χ0v) is 16.9. The van der Waals surface area contributed by atoms with Gasteiger partial charge in [0.25, 0.3) is 5.91 Å². The third-order valence-corrected chi connectivity index (χ3v) is 5.66. The van der Waals surface area contributed by atoms with Crippen LogP contribution in [0.15, 0.2) is 47.4 Å². The summed E-state index contributed by atoms with van der Waals surface area (Å²) in [6.07, 6.45) is 3.45. The van der Waals surface area contributed by atoms with Crippen LogP contribution in [0.25, 0.3) is 11.2 Å². The van der Waals surface area contributed by atoms with E-state index in [1.54, 1.807) is 22.4 Å². The molecular weight excluding hydrogens is 368 g/mol. The highest BCUT2D eigenvalue weighted by Gasteiger charge is 2.25. The summed E-state index contributed by atoms with van der Waals surface area (Å²) >= 11 is 0. The number of carbonyl (C=O) groups excluding carboxylic acids is 1. The lowest BCUT2D eigenvalue weighted by molar-refractivity contribution is -0.134. The first-order valence-corrected chi connectivity index (χ1v) is 10.0. The van der Waals surface area contributed by atoms with Gasteiger partial charge in [-0.15, -0.1) is 0 Å². The summed E-state index contributed by atoms with van der Waals surface area (Å²) in [6.45, 7) is 4.06. The molecule has 4 rings (SSSR count). The van der Waals surface area contributed by atoms with Crippen LogP contribution in [0.3, 0.4) is 0 Å². The van der Waals surface area contributed by atoms with Gasteiger partial charge in [-0.05, 0) is 55.5 Å². The molecule has 1 amide bonds. The van der Waals surface area contributed by atoms with E-state index in [1.807, 2.05) is 48.2 Å². The van der Waals surface area contributed by atoms with E-state index in [-0.39, 0.29) is 18.2 Å². The molecule has 3 aromatic rings. The second-order valence-electron chi connectivity index (χ2n) is 7.73. The Hall–Kier alpha value is -3.09. The summed E-state index contributed by atoms with van der Waals surface area (Å²) < 4.78 is 9.05. The van der Waals surface area contributed by atoms with Crippen molar-refractivity contribution >= 4 is 17.1 Å². The van der Waals surface area contributed by atoms with E-state index in [2.05, 4.69) is 4.98 Å². The number of piperidine rings is 1. The topological polar surface area (TPSA) is 69.4 Å². The summed E-state index contributed by atoms with van der Waals surface area (Å²) in [7, 11) is 1.78. The SMILES string of the molecule is Cc1cccc(OCC(=O)N2CCC(Cn3c(=O)n(C)c4cccnc43)CC2)c1. The fourth-order valence-electron chi connectivity index (χ4n) is 3.96. The molecule has 0 radical (unpaired) electrons. The first-order valence-electron chi connectivity index (χ1n) is 10.0. The van der Waals surface area contributed by atoms with Gasteiger partial charge in [0, 0.05) is 32.9 Å². The third kappa shape index (κ3) is 4.04. The first kappa shape index (κ1) is 19.2. The first-order chi connectivity index (χ1) is 14.0. The summed E-state index contributed by atoms with van der Waals surface area (Å²) in [6, 6.07) is 11.5. The molecule has 29 heavy (non-hydrogen) atoms. The van der Waals surface area contributed by atoms with Crippen molar-refractivity contribution in [2.45, 2.75) is 26.3 Å². The number of imidazole rings is 1. The van der Waals surface area contributed by atoms with E-state index in [1.165, 1.54) is 0 Å². The number of hydrogen-bond donors (Lipinski definition) is 0. The molecule has 1 saturated heterocycles. The normalized spacial score (nSPS) is 15.0. The molecule has 0 atom stereocenters. The maximum atomic E-state index is 12.6. The molecule has 0 spiro atoms. The van der Waals surface area contributed by atoms with Gasteiger partial charge in [-0.1, -0.05) is 12.1 Å². The van der Waals surface area contributed by atoms with Gasteiger partial charge < -0.3 is 9.64 Å². The number of benzene rings is 1. The Kier molecular flexibility index (Phi) is 5.38. The number of rotatable bonds is 5. The largest absolute Gasteiger partial charge is 0.484 e. The fraction of sp³-hybridized carbons (Fsp3) is 0.409. The van der Waals surface area contributed by atoms with Gasteiger partial charge >= 0.3 is 5.69 Å². The molecule has 0 aliphatic carbocycles. The lowest BCUT2D eigenvalue weighted by atomic mass is 9.96. The Morgan fingerprint density at radius 1 is 1.21 bits per heavy atom. The number of hydrogen-bond acceptors (Lipinski definition) is 4. The summed E-state index contributed by atoms with van der Waals surface area (Å²) in [5, 5.41) is 0. The molecule has 7 nitrogen and oxygen atoms in total. The zero-order valence-electron chi connectivity index (χ0n) is 16.9. The lowest BCUT2D eigenvalue weighted by Gasteiger charge is -2.32. The highest BCUT2D eigenvalue weighted by molar-refractivity contribution is 5.77. The minimum atomic E-state index is -0.0382. The molecule has 0 bridgehead atoms. The van der Waals surface area contributed by atoms with Crippen molar-refractivity contribution in [3.8, 4) is 5.75 Å². The van der Waals surface area contributed by atoms with E-state index in [4.69, 9.17) is 4.74 Å². The van der Waals surface area contributed by atoms with Gasteiger partial charge in [-0.3, -0.25) is 13.9 Å². The van der Waals surface area contributed by atoms with Gasteiger partial charge in [0.15, 0.2) is 12.3 Å². The number of aromatic nitrogens is 3. The smallest absolute Gasteiger partial charge is 0.330 e. The van der Waals surface area contributed by atoms with Crippen LogP contribution in [0.1, 0.15) is 18.4 Å². The minimum Gasteiger partial charge on any atom is -0.484 e. The molecule has 1 aromatic carbocycles. The van der Waals surface area contributed by atoms with Crippen LogP contribution in [0.4, 0.5) is 0 Å². The predicted octanol–water partition coefficient (Wildman–Crippen LogP) is 2.36. The summed E-state index contributed by atoms with van der Waals surface area (Å²) in [5.74, 6) is 1.08. The molecule has 3 heterocycles. The molecule has 152 valence electrons. The Labute approximate surface area is 169 Å². The number of carbonyl (C=O) groups is 1. The number of pyridine rings is 1. The van der Waals surface area contributed by atoms with E-state index in [9.17, 15) is 9.59 Å². The second kappa shape index (κ2) is 8.11. The fourth-order valence-corrected chi connectivity index (χ4v) is 3.96. The van der Waals surface area contributed by atoms with Crippen LogP contribution < -0.4 is 10.4 Å². The highest BCUT2D eigenvalue weighted by atomic mass is 16.5. The number of aryl methyl sites for hydroxylation is 2. The average Bonchev–Trinajstić information content (AvgIpc) is 2.98. The van der Waals surface area contributed by atoms with Crippen LogP contribution in [-0.2, 0) is 18.4 Å². The van der Waals surface area contributed by atoms with E-state index >= 15 is 0 Å². The van der Waals surface area contributed by atoms with Crippen LogP contribution in [0.5, 0.6) is 5.75 Å². The van der Waals surface area contributed by atoms with Crippen molar-refractivity contribution in [2.24, 2.45) is 13.0 Å². The molecule has 7 heteroatoms. The molecular formula is C22H26N4O3. The van der Waals surface area contributed by atoms with Gasteiger partial charge in [0.1, 0.15) is 5.75 Å². The van der Waals surface area contributed by atoms with Crippen molar-refractivity contribution in [1.29, 1.82) is 0 Å². The van der Waals surface area contributed by atoms with Gasteiger partial charge in [-0.25, -0.2) is 9.78 Å². The lowest BCUT2D eigenvalue weighted by Crippen LogP contribution is -2.42. The Bertz CT molecular complexity index is 1080. The molecule has 1 aliphatic rings. The van der Waals surface area contributed by atoms with Crippen molar-refractivity contribution < 1.29 is 9.53 Å². The van der Waals surface area contributed by atoms with Crippen molar-refractivity contribution in [1.82, 2.24) is 19.0 Å². The average molecular weight is 394 g/mol. The summed E-state index contributed by atoms with van der Waals surface area (Å²) in [5.41, 5.74) is 2.64. The summed E-state index contributed by atoms with van der Waals surface area (Å²) in [4.78, 5) is 31.3. The Balaban J connectivity index is 1.33. The van der Waals surface area contributed by atoms with Gasteiger partial charge in [0.05, 0.1) is 5.52 Å². The van der Waals surface area contributed by atoms with E-state index in [0.717, 1.165) is 35.3 Å². The minimum absolute atomic E-state index is 0.00829. The van der Waals surface area contributed by atoms with Gasteiger partial charge in [0.2, 0.25) is 0 Å². The highest BCUT2D eigenvalue weighted by Crippen LogP contribution is 2.21. The van der Waals surface area contributed by atoms with Crippen LogP contribution in [-0.4, -0.2) is 44.6 Å². The van der Waals surface area contributed by atoms with Gasteiger partial charge in [-0.2, -0.15) is 0 Å². The zero-order chi connectivity index (χ0) is 20.4. The van der Waals surface area contributed by atoms with E-state index < -0.39 is 0 Å². The maximum absolute atomic E-state index is 12.6. The van der Waals surface area contributed by atoms with Crippen LogP contribution in [0, 0.1) is 12.8 Å². The molecule has 0 N–H and O–H groups in total. The maximum Gasteiger partial charge on any atom is 0.330 e. The Morgan fingerprint density at radius 2 is 2.00 bits per heavy atom. The molecule has 0 unspecified atom stereocenters. The Morgan fingerprint density at radius 3 is 2.76 bits per heavy atom. The predicted molar refractivity (Wildman–Crippen MR) is 111 cm³/mol. The number of likely N-dealkylation sites (tertiary alicyclic amines) is 1. The standard InChI is InChI=1S/C22H26N4O3/c1-16-5-3-6-18(13-16)29-15-20(27)25-11-8-17(9-12-25)14-26-21-19(7-4-10-23-21)24(2)22(26)28/h3-7,10,13,17H,8-9,11-12,14-15H2,1-2H3. The third-order valence-electron chi connectivity index (χ3n) is 5.66. The van der Waals surface area contributed by atoms with Crippen LogP contribution >= 0.6 is 0 Å². The van der Waals surface area contributed by atoms with Crippen molar-refractivity contribution in [2.75, 3.05) is 19.7 Å². The number of nitrogens with zero attached hydrogens (tertiary/aromatic N) is 4. The number of fused-ring (bicyclic) bond motifs is 1. The van der Waals surface area contributed by atoms with Crippen molar-refractivity contribution in [3.63, 3.8) is 0 Å². The molecule has 2 aromatic heterocycles. The number of amides is 1. The molecule has 0 saturated carbocycles. The van der Waals surface area contributed by atoms with E-state index in [0.29, 0.717) is 25.6 Å². The molecule has 1 aliphatic heterocycles. The van der Waals surface area contributed by atoms with Crippen LogP contribution in [0.2, 0.25) is 0 Å². The quantitative estimate of drug-likeness (QED) is 0.666. The number of ether oxygens (including phenoxy) is 1. The van der Waals surface area contributed by atoms with Crippen molar-refractivity contribution in [3.05, 3.63) is 58.6 Å². The monoisotopic (exact) mass is 394 g/mol. The second-order valence-corrected chi connectivity index (χ2v) is 7.73.